The fourth-order valence-electron chi connectivity index (χ4n) is 0.645. The smallest absolute Gasteiger partial charge is 0.339 e. The Kier molecular flexibility index (Phi) is 4.58. The van der Waals surface area contributed by atoms with E-state index in [1.807, 2.05) is 18.2 Å². The Labute approximate surface area is 68.5 Å². The molecule has 1 aromatic rings. The van der Waals surface area contributed by atoms with E-state index in [0.29, 0.717) is 0 Å². The summed E-state index contributed by atoms with van der Waals surface area (Å²) < 4.78 is 0. The monoisotopic (exact) mass is 112 g/mol. The summed E-state index contributed by atoms with van der Waals surface area (Å²) in [6.07, 6.45) is 0.890. The molecule has 1 heteroatoms. The Hall–Kier alpha value is -0.183. The van der Waals surface area contributed by atoms with Gasteiger partial charge in [0, 0.05) is 0 Å². The predicted molar refractivity (Wildman–Crippen MR) is 35.5 cm³/mol. The first kappa shape index (κ1) is 8.82. The van der Waals surface area contributed by atoms with E-state index in [2.05, 4.69) is 19.1 Å². The van der Waals surface area contributed by atoms with Crippen molar-refractivity contribution in [3.63, 3.8) is 0 Å². The SMILES string of the molecule is [CH2-]Cc1ccccc1.[Li+]. The maximum absolute atomic E-state index is 3.76. The minimum atomic E-state index is 0. The zero-order valence-corrected chi connectivity index (χ0v) is 5.80. The fourth-order valence-corrected chi connectivity index (χ4v) is 0.645. The minimum absolute atomic E-state index is 0. The third kappa shape index (κ3) is 2.74. The molecule has 0 amide bonds. The first-order valence-electron chi connectivity index (χ1n) is 2.76. The van der Waals surface area contributed by atoms with E-state index < -0.39 is 0 Å². The molecule has 0 saturated heterocycles. The van der Waals surface area contributed by atoms with Gasteiger partial charge in [-0.2, -0.15) is 6.42 Å². The third-order valence-electron chi connectivity index (χ3n) is 1.13. The van der Waals surface area contributed by atoms with Crippen LogP contribution in [-0.4, -0.2) is 0 Å². The Morgan fingerprint density at radius 1 is 1.11 bits per heavy atom. The quantitative estimate of drug-likeness (QED) is 0.325. The van der Waals surface area contributed by atoms with Crippen LogP contribution in [0.1, 0.15) is 5.56 Å². The molecule has 0 bridgehead atoms. The van der Waals surface area contributed by atoms with Crippen molar-refractivity contribution in [1.82, 2.24) is 0 Å². The van der Waals surface area contributed by atoms with Crippen molar-refractivity contribution in [1.29, 1.82) is 0 Å². The molecule has 0 aliphatic rings. The molecule has 1 aromatic carbocycles. The maximum Gasteiger partial charge on any atom is 1.00 e. The average molecular weight is 112 g/mol. The summed E-state index contributed by atoms with van der Waals surface area (Å²) in [7, 11) is 0. The Morgan fingerprint density at radius 3 is 2.00 bits per heavy atom. The van der Waals surface area contributed by atoms with Gasteiger partial charge in [-0.25, -0.2) is 0 Å². The first-order valence-corrected chi connectivity index (χ1v) is 2.76. The molecule has 42 valence electrons. The number of benzene rings is 1. The van der Waals surface area contributed by atoms with Crippen LogP contribution in [0.4, 0.5) is 0 Å². The molecule has 0 fully saturated rings. The molecule has 0 aliphatic heterocycles. The molecule has 0 atom stereocenters. The van der Waals surface area contributed by atoms with E-state index in [-0.39, 0.29) is 18.9 Å². The largest absolute Gasteiger partial charge is 1.00 e. The maximum atomic E-state index is 3.76. The van der Waals surface area contributed by atoms with E-state index in [1.54, 1.807) is 0 Å². The van der Waals surface area contributed by atoms with Gasteiger partial charge in [0.05, 0.1) is 0 Å². The van der Waals surface area contributed by atoms with Crippen molar-refractivity contribution < 1.29 is 18.9 Å². The van der Waals surface area contributed by atoms with Gasteiger partial charge in [0.15, 0.2) is 0 Å². The number of hydrogen-bond donors (Lipinski definition) is 0. The van der Waals surface area contributed by atoms with E-state index >= 15 is 0 Å². The molecule has 0 radical (unpaired) electrons. The third-order valence-corrected chi connectivity index (χ3v) is 1.13. The second kappa shape index (κ2) is 4.67. The Morgan fingerprint density at radius 2 is 1.67 bits per heavy atom. The van der Waals surface area contributed by atoms with Crippen LogP contribution < -0.4 is 18.9 Å². The van der Waals surface area contributed by atoms with Crippen LogP contribution in [0.5, 0.6) is 0 Å². The summed E-state index contributed by atoms with van der Waals surface area (Å²) in [4.78, 5) is 0. The molecule has 0 heterocycles. The van der Waals surface area contributed by atoms with Gasteiger partial charge in [-0.3, -0.25) is 0 Å². The summed E-state index contributed by atoms with van der Waals surface area (Å²) in [5.41, 5.74) is 1.30. The number of hydrogen-bond acceptors (Lipinski definition) is 0. The number of rotatable bonds is 1. The molecule has 0 spiro atoms. The summed E-state index contributed by atoms with van der Waals surface area (Å²) in [6.45, 7) is 3.76. The molecule has 0 saturated carbocycles. The van der Waals surface area contributed by atoms with E-state index in [4.69, 9.17) is 0 Å². The van der Waals surface area contributed by atoms with Gasteiger partial charge < -0.3 is 6.92 Å². The van der Waals surface area contributed by atoms with Gasteiger partial charge >= 0.3 is 18.9 Å². The van der Waals surface area contributed by atoms with E-state index in [1.165, 1.54) is 5.56 Å². The topological polar surface area (TPSA) is 0 Å². The second-order valence-corrected chi connectivity index (χ2v) is 1.74. The first-order chi connectivity index (χ1) is 3.93. The van der Waals surface area contributed by atoms with Crippen LogP contribution >= 0.6 is 0 Å². The van der Waals surface area contributed by atoms with Crippen LogP contribution in [0, 0.1) is 6.92 Å². The van der Waals surface area contributed by atoms with Gasteiger partial charge in [0.1, 0.15) is 0 Å². The normalized spacial score (nSPS) is 8.11. The van der Waals surface area contributed by atoms with Gasteiger partial charge in [0.25, 0.3) is 0 Å². The summed E-state index contributed by atoms with van der Waals surface area (Å²) >= 11 is 0. The molecule has 0 unspecified atom stereocenters. The van der Waals surface area contributed by atoms with Crippen molar-refractivity contribution in [3.05, 3.63) is 42.8 Å². The van der Waals surface area contributed by atoms with Crippen molar-refractivity contribution in [2.75, 3.05) is 0 Å². The van der Waals surface area contributed by atoms with Crippen molar-refractivity contribution in [2.45, 2.75) is 6.42 Å². The molecule has 0 aliphatic carbocycles. The zero-order valence-electron chi connectivity index (χ0n) is 5.80. The van der Waals surface area contributed by atoms with Crippen LogP contribution in [-0.2, 0) is 6.42 Å². The van der Waals surface area contributed by atoms with Crippen molar-refractivity contribution in [2.24, 2.45) is 0 Å². The van der Waals surface area contributed by atoms with E-state index in [9.17, 15) is 0 Å². The molecule has 9 heavy (non-hydrogen) atoms. The van der Waals surface area contributed by atoms with Crippen molar-refractivity contribution >= 4 is 0 Å². The standard InChI is InChI=1S/C8H9.Li/c1-2-8-6-4-3-5-7-8;/h3-7H,1-2H2;/q-1;+1. The second-order valence-electron chi connectivity index (χ2n) is 1.74. The minimum Gasteiger partial charge on any atom is -0.339 e. The van der Waals surface area contributed by atoms with E-state index in [0.717, 1.165) is 6.42 Å². The summed E-state index contributed by atoms with van der Waals surface area (Å²) in [6, 6.07) is 10.2. The molecule has 0 nitrogen and oxygen atoms in total. The molecule has 0 aromatic heterocycles. The van der Waals surface area contributed by atoms with Crippen LogP contribution in [0.25, 0.3) is 0 Å². The summed E-state index contributed by atoms with van der Waals surface area (Å²) in [5, 5.41) is 0. The van der Waals surface area contributed by atoms with Gasteiger partial charge in [0.2, 0.25) is 0 Å². The van der Waals surface area contributed by atoms with Gasteiger partial charge in [-0.1, -0.05) is 35.9 Å². The van der Waals surface area contributed by atoms with Gasteiger partial charge in [-0.15, -0.1) is 0 Å². The van der Waals surface area contributed by atoms with Gasteiger partial charge in [-0.05, 0) is 0 Å². The summed E-state index contributed by atoms with van der Waals surface area (Å²) in [5.74, 6) is 0. The molecule has 1 rings (SSSR count). The predicted octanol–water partition coefficient (Wildman–Crippen LogP) is -0.933. The Bertz CT molecular complexity index is 146. The fraction of sp³-hybridized carbons (Fsp3) is 0.125. The molecular formula is C8H9Li. The molecular weight excluding hydrogens is 103 g/mol. The Balaban J connectivity index is 0.000000640. The molecule has 0 N–H and O–H groups in total. The van der Waals surface area contributed by atoms with Crippen LogP contribution in [0.3, 0.4) is 0 Å². The average Bonchev–Trinajstić information content (AvgIpc) is 1.90. The van der Waals surface area contributed by atoms with Crippen molar-refractivity contribution in [3.8, 4) is 0 Å². The van der Waals surface area contributed by atoms with Crippen LogP contribution in [0.15, 0.2) is 30.3 Å². The zero-order chi connectivity index (χ0) is 5.82. The van der Waals surface area contributed by atoms with Crippen LogP contribution in [0.2, 0.25) is 0 Å².